The van der Waals surface area contributed by atoms with Crippen LogP contribution in [-0.4, -0.2) is 35.4 Å². The molecular formula is C24H19F2N3O4S. The Morgan fingerprint density at radius 1 is 1.03 bits per heavy atom. The molecule has 4 aromatic rings. The highest BCUT2D eigenvalue weighted by Gasteiger charge is 2.18. The predicted molar refractivity (Wildman–Crippen MR) is 126 cm³/mol. The Morgan fingerprint density at radius 3 is 2.53 bits per heavy atom. The fourth-order valence-electron chi connectivity index (χ4n) is 3.33. The molecular weight excluding hydrogens is 464 g/mol. The van der Waals surface area contributed by atoms with Crippen molar-refractivity contribution in [3.05, 3.63) is 82.7 Å². The molecule has 1 N–H and O–H groups in total. The van der Waals surface area contributed by atoms with E-state index in [1.165, 1.54) is 14.2 Å². The Labute approximate surface area is 197 Å². The van der Waals surface area contributed by atoms with E-state index in [9.17, 15) is 18.4 Å². The largest absolute Gasteiger partial charge is 0.493 e. The summed E-state index contributed by atoms with van der Waals surface area (Å²) in [5.41, 5.74) is 0.192. The minimum Gasteiger partial charge on any atom is -0.493 e. The molecule has 4 rings (SSSR count). The number of thioether (sulfide) groups is 1. The van der Waals surface area contributed by atoms with Crippen LogP contribution in [0.3, 0.4) is 0 Å². The summed E-state index contributed by atoms with van der Waals surface area (Å²) in [4.78, 5) is 30.2. The zero-order chi connectivity index (χ0) is 24.2. The second-order valence-electron chi connectivity index (χ2n) is 7.05. The van der Waals surface area contributed by atoms with Crippen molar-refractivity contribution in [2.75, 3.05) is 25.3 Å². The Balaban J connectivity index is 1.65. The first-order chi connectivity index (χ1) is 16.4. The number of anilines is 1. The molecule has 10 heteroatoms. The minimum absolute atomic E-state index is 0.0941. The molecule has 7 nitrogen and oxygen atoms in total. The van der Waals surface area contributed by atoms with E-state index in [2.05, 4.69) is 10.3 Å². The summed E-state index contributed by atoms with van der Waals surface area (Å²) in [5.74, 6) is -1.24. The van der Waals surface area contributed by atoms with Gasteiger partial charge in [-0.15, -0.1) is 0 Å². The first-order valence-electron chi connectivity index (χ1n) is 10.0. The van der Waals surface area contributed by atoms with Crippen molar-refractivity contribution in [1.82, 2.24) is 9.55 Å². The minimum atomic E-state index is -0.921. The fraction of sp³-hybridized carbons (Fsp3) is 0.125. The van der Waals surface area contributed by atoms with E-state index in [1.807, 2.05) is 0 Å². The van der Waals surface area contributed by atoms with Crippen LogP contribution in [0.25, 0.3) is 16.6 Å². The van der Waals surface area contributed by atoms with Crippen molar-refractivity contribution in [1.29, 1.82) is 0 Å². The molecule has 0 spiro atoms. The molecule has 0 aliphatic rings. The normalized spacial score (nSPS) is 10.8. The molecule has 0 fully saturated rings. The van der Waals surface area contributed by atoms with Gasteiger partial charge in [0.05, 0.1) is 36.6 Å². The van der Waals surface area contributed by atoms with E-state index in [-0.39, 0.29) is 27.9 Å². The third-order valence-corrected chi connectivity index (χ3v) is 5.83. The van der Waals surface area contributed by atoms with Crippen LogP contribution in [0.1, 0.15) is 0 Å². The highest BCUT2D eigenvalue weighted by molar-refractivity contribution is 7.99. The Hall–Kier alpha value is -3.92. The SMILES string of the molecule is COc1ccc(NC(=O)CSc2nc3ccccc3c(=O)n2-c2ccc(F)cc2F)cc1OC. The topological polar surface area (TPSA) is 82.5 Å². The number of para-hydroxylation sites is 1. The summed E-state index contributed by atoms with van der Waals surface area (Å²) in [6, 6.07) is 14.4. The van der Waals surface area contributed by atoms with Gasteiger partial charge in [-0.05, 0) is 36.4 Å². The van der Waals surface area contributed by atoms with Gasteiger partial charge in [0.1, 0.15) is 11.6 Å². The van der Waals surface area contributed by atoms with E-state index in [0.717, 1.165) is 28.5 Å². The number of hydrogen-bond donors (Lipinski definition) is 1. The van der Waals surface area contributed by atoms with Gasteiger partial charge in [0.25, 0.3) is 5.56 Å². The van der Waals surface area contributed by atoms with Gasteiger partial charge in [-0.3, -0.25) is 14.2 Å². The third kappa shape index (κ3) is 4.72. The van der Waals surface area contributed by atoms with Gasteiger partial charge in [0.15, 0.2) is 16.7 Å². The number of ether oxygens (including phenoxy) is 2. The lowest BCUT2D eigenvalue weighted by Crippen LogP contribution is -2.23. The standard InChI is InChI=1S/C24H19F2N3O4S/c1-32-20-10-8-15(12-21(20)33-2)27-22(30)13-34-24-28-18-6-4-3-5-16(18)23(31)29(24)19-9-7-14(25)11-17(19)26/h3-12H,13H2,1-2H3,(H,27,30). The molecule has 0 aliphatic carbocycles. The zero-order valence-corrected chi connectivity index (χ0v) is 19.0. The van der Waals surface area contributed by atoms with Crippen LogP contribution in [0.5, 0.6) is 11.5 Å². The lowest BCUT2D eigenvalue weighted by molar-refractivity contribution is -0.113. The molecule has 0 aliphatic heterocycles. The summed E-state index contributed by atoms with van der Waals surface area (Å²) in [6.07, 6.45) is 0. The van der Waals surface area contributed by atoms with Crippen molar-refractivity contribution < 1.29 is 23.0 Å². The quantitative estimate of drug-likeness (QED) is 0.310. The smallest absolute Gasteiger partial charge is 0.266 e. The maximum absolute atomic E-state index is 14.6. The number of amides is 1. The molecule has 0 saturated carbocycles. The molecule has 0 bridgehead atoms. The Kier molecular flexibility index (Phi) is 6.78. The molecule has 1 heterocycles. The lowest BCUT2D eigenvalue weighted by Gasteiger charge is -2.14. The zero-order valence-electron chi connectivity index (χ0n) is 18.2. The van der Waals surface area contributed by atoms with E-state index < -0.39 is 17.2 Å². The van der Waals surface area contributed by atoms with Gasteiger partial charge >= 0.3 is 0 Å². The highest BCUT2D eigenvalue weighted by Crippen LogP contribution is 2.30. The number of benzene rings is 3. The van der Waals surface area contributed by atoms with E-state index in [4.69, 9.17) is 9.47 Å². The maximum Gasteiger partial charge on any atom is 0.266 e. The van der Waals surface area contributed by atoms with Crippen LogP contribution in [0, 0.1) is 11.6 Å². The lowest BCUT2D eigenvalue weighted by atomic mass is 10.2. The molecule has 0 radical (unpaired) electrons. The van der Waals surface area contributed by atoms with Crippen molar-refractivity contribution in [3.63, 3.8) is 0 Å². The molecule has 0 unspecified atom stereocenters. The van der Waals surface area contributed by atoms with E-state index >= 15 is 0 Å². The molecule has 34 heavy (non-hydrogen) atoms. The molecule has 3 aromatic carbocycles. The Morgan fingerprint density at radius 2 is 1.79 bits per heavy atom. The number of nitrogens with one attached hydrogen (secondary N) is 1. The van der Waals surface area contributed by atoms with Crippen molar-refractivity contribution in [3.8, 4) is 17.2 Å². The summed E-state index contributed by atoms with van der Waals surface area (Å²) in [5, 5.41) is 3.10. The van der Waals surface area contributed by atoms with Crippen LogP contribution >= 0.6 is 11.8 Å². The van der Waals surface area contributed by atoms with Gasteiger partial charge < -0.3 is 14.8 Å². The number of halogens is 2. The van der Waals surface area contributed by atoms with Gasteiger partial charge in [-0.25, -0.2) is 13.8 Å². The van der Waals surface area contributed by atoms with Crippen molar-refractivity contribution >= 4 is 34.3 Å². The molecule has 0 atom stereocenters. The number of rotatable bonds is 7. The van der Waals surface area contributed by atoms with Gasteiger partial charge in [-0.1, -0.05) is 23.9 Å². The van der Waals surface area contributed by atoms with Crippen LogP contribution in [0.15, 0.2) is 70.6 Å². The number of aromatic nitrogens is 2. The van der Waals surface area contributed by atoms with Crippen molar-refractivity contribution in [2.45, 2.75) is 5.16 Å². The fourth-order valence-corrected chi connectivity index (χ4v) is 4.13. The summed E-state index contributed by atoms with van der Waals surface area (Å²) in [6.45, 7) is 0. The van der Waals surface area contributed by atoms with Crippen LogP contribution < -0.4 is 20.3 Å². The molecule has 1 aromatic heterocycles. The number of carbonyl (C=O) groups excluding carboxylic acids is 1. The van der Waals surface area contributed by atoms with E-state index in [1.54, 1.807) is 42.5 Å². The first kappa shape index (κ1) is 23.2. The van der Waals surface area contributed by atoms with E-state index in [0.29, 0.717) is 28.8 Å². The second kappa shape index (κ2) is 9.92. The molecule has 174 valence electrons. The van der Waals surface area contributed by atoms with Crippen LogP contribution in [0.4, 0.5) is 14.5 Å². The van der Waals surface area contributed by atoms with Crippen molar-refractivity contribution in [2.24, 2.45) is 0 Å². The number of hydrogen-bond acceptors (Lipinski definition) is 6. The molecule has 0 saturated heterocycles. The number of nitrogens with zero attached hydrogens (tertiary/aromatic N) is 2. The highest BCUT2D eigenvalue weighted by atomic mass is 32.2. The second-order valence-corrected chi connectivity index (χ2v) is 8.00. The first-order valence-corrected chi connectivity index (χ1v) is 11.0. The average Bonchev–Trinajstić information content (AvgIpc) is 2.83. The van der Waals surface area contributed by atoms with Crippen LogP contribution in [0.2, 0.25) is 0 Å². The van der Waals surface area contributed by atoms with Gasteiger partial charge in [-0.2, -0.15) is 0 Å². The number of methoxy groups -OCH3 is 2. The summed E-state index contributed by atoms with van der Waals surface area (Å²) < 4.78 is 39.5. The van der Waals surface area contributed by atoms with Gasteiger partial charge in [0.2, 0.25) is 5.91 Å². The molecule has 1 amide bonds. The number of fused-ring (bicyclic) bond motifs is 1. The summed E-state index contributed by atoms with van der Waals surface area (Å²) >= 11 is 0.952. The van der Waals surface area contributed by atoms with Gasteiger partial charge in [0, 0.05) is 17.8 Å². The average molecular weight is 483 g/mol. The monoisotopic (exact) mass is 483 g/mol. The predicted octanol–water partition coefficient (Wildman–Crippen LogP) is 4.41. The third-order valence-electron chi connectivity index (χ3n) is 4.90. The van der Waals surface area contributed by atoms with Crippen LogP contribution in [-0.2, 0) is 4.79 Å². The maximum atomic E-state index is 14.6. The summed E-state index contributed by atoms with van der Waals surface area (Å²) in [7, 11) is 2.99. The number of carbonyl (C=O) groups is 1. The Bertz CT molecular complexity index is 1440.